The molecule has 1 unspecified atom stereocenters. The molecule has 1 saturated carbocycles. The van der Waals surface area contributed by atoms with Gasteiger partial charge in [-0.1, -0.05) is 43.2 Å². The molecule has 16 heavy (non-hydrogen) atoms. The van der Waals surface area contributed by atoms with Gasteiger partial charge in [0, 0.05) is 13.1 Å². The molecule has 0 aliphatic heterocycles. The summed E-state index contributed by atoms with van der Waals surface area (Å²) >= 11 is 0. The third kappa shape index (κ3) is 3.32. The van der Waals surface area contributed by atoms with E-state index in [1.165, 1.54) is 24.8 Å². The van der Waals surface area contributed by atoms with E-state index < -0.39 is 0 Å². The summed E-state index contributed by atoms with van der Waals surface area (Å²) in [5.41, 5.74) is 1.31. The second-order valence-corrected chi connectivity index (χ2v) is 4.73. The van der Waals surface area contributed by atoms with Crippen molar-refractivity contribution in [2.45, 2.75) is 38.3 Å². The highest BCUT2D eigenvalue weighted by Crippen LogP contribution is 2.23. The van der Waals surface area contributed by atoms with Crippen LogP contribution in [-0.4, -0.2) is 17.8 Å². The molecule has 1 aliphatic carbocycles. The molecule has 0 bridgehead atoms. The van der Waals surface area contributed by atoms with Crippen molar-refractivity contribution in [3.63, 3.8) is 0 Å². The van der Waals surface area contributed by atoms with Crippen molar-refractivity contribution in [1.29, 1.82) is 0 Å². The van der Waals surface area contributed by atoms with Crippen molar-refractivity contribution in [3.05, 3.63) is 35.9 Å². The SMILES string of the molecule is O[C@@H]1CCCCC1CNCc1ccccc1. The van der Waals surface area contributed by atoms with Gasteiger partial charge >= 0.3 is 0 Å². The first-order valence-electron chi connectivity index (χ1n) is 6.29. The van der Waals surface area contributed by atoms with Crippen LogP contribution in [0, 0.1) is 5.92 Å². The first-order valence-corrected chi connectivity index (χ1v) is 6.29. The molecule has 0 spiro atoms. The largest absolute Gasteiger partial charge is 0.393 e. The van der Waals surface area contributed by atoms with E-state index in [2.05, 4.69) is 29.6 Å². The number of nitrogens with one attached hydrogen (secondary N) is 1. The molecule has 2 N–H and O–H groups in total. The molecule has 2 rings (SSSR count). The van der Waals surface area contributed by atoms with Crippen LogP contribution in [-0.2, 0) is 6.54 Å². The molecule has 0 amide bonds. The standard InChI is InChI=1S/C14H21NO/c16-14-9-5-4-8-13(14)11-15-10-12-6-2-1-3-7-12/h1-3,6-7,13-16H,4-5,8-11H2/t13?,14-/m1/s1. The lowest BCUT2D eigenvalue weighted by atomic mass is 9.86. The van der Waals surface area contributed by atoms with Crippen molar-refractivity contribution in [2.24, 2.45) is 5.92 Å². The maximum absolute atomic E-state index is 9.83. The van der Waals surface area contributed by atoms with Crippen LogP contribution in [0.5, 0.6) is 0 Å². The Kier molecular flexibility index (Phi) is 4.37. The molecule has 2 nitrogen and oxygen atoms in total. The number of hydrogen-bond donors (Lipinski definition) is 2. The van der Waals surface area contributed by atoms with Crippen LogP contribution in [0.15, 0.2) is 30.3 Å². The molecular formula is C14H21NO. The summed E-state index contributed by atoms with van der Waals surface area (Å²) in [6, 6.07) is 10.4. The summed E-state index contributed by atoms with van der Waals surface area (Å²) in [6.07, 6.45) is 4.53. The highest BCUT2D eigenvalue weighted by molar-refractivity contribution is 5.14. The molecule has 0 heterocycles. The fourth-order valence-corrected chi connectivity index (χ4v) is 2.42. The number of rotatable bonds is 4. The quantitative estimate of drug-likeness (QED) is 0.814. The van der Waals surface area contributed by atoms with Crippen LogP contribution in [0.2, 0.25) is 0 Å². The predicted molar refractivity (Wildman–Crippen MR) is 66.1 cm³/mol. The Bertz CT molecular complexity index is 299. The molecular weight excluding hydrogens is 198 g/mol. The van der Waals surface area contributed by atoms with Crippen LogP contribution < -0.4 is 5.32 Å². The van der Waals surface area contributed by atoms with E-state index in [4.69, 9.17) is 0 Å². The summed E-state index contributed by atoms with van der Waals surface area (Å²) in [6.45, 7) is 1.85. The summed E-state index contributed by atoms with van der Waals surface area (Å²) < 4.78 is 0. The van der Waals surface area contributed by atoms with E-state index >= 15 is 0 Å². The smallest absolute Gasteiger partial charge is 0.0580 e. The van der Waals surface area contributed by atoms with Gasteiger partial charge in [-0.3, -0.25) is 0 Å². The van der Waals surface area contributed by atoms with E-state index in [0.29, 0.717) is 5.92 Å². The van der Waals surface area contributed by atoms with Crippen LogP contribution in [0.1, 0.15) is 31.2 Å². The van der Waals surface area contributed by atoms with Crippen LogP contribution in [0.3, 0.4) is 0 Å². The van der Waals surface area contributed by atoms with Gasteiger partial charge < -0.3 is 10.4 Å². The van der Waals surface area contributed by atoms with E-state index in [1.54, 1.807) is 0 Å². The van der Waals surface area contributed by atoms with Gasteiger partial charge in [-0.15, -0.1) is 0 Å². The minimum Gasteiger partial charge on any atom is -0.393 e. The summed E-state index contributed by atoms with van der Waals surface area (Å²) in [5.74, 6) is 0.456. The third-order valence-corrected chi connectivity index (χ3v) is 3.45. The van der Waals surface area contributed by atoms with E-state index in [1.807, 2.05) is 6.07 Å². The summed E-state index contributed by atoms with van der Waals surface area (Å²) in [4.78, 5) is 0. The molecule has 1 fully saturated rings. The van der Waals surface area contributed by atoms with Crippen molar-refractivity contribution in [1.82, 2.24) is 5.32 Å². The van der Waals surface area contributed by atoms with Gasteiger partial charge in [0.2, 0.25) is 0 Å². The Hall–Kier alpha value is -0.860. The second kappa shape index (κ2) is 6.02. The molecule has 1 aromatic rings. The lowest BCUT2D eigenvalue weighted by Crippen LogP contribution is -2.33. The van der Waals surface area contributed by atoms with Crippen molar-refractivity contribution >= 4 is 0 Å². The van der Waals surface area contributed by atoms with E-state index in [0.717, 1.165) is 19.5 Å². The Morgan fingerprint density at radius 2 is 1.88 bits per heavy atom. The Labute approximate surface area is 97.7 Å². The molecule has 88 valence electrons. The lowest BCUT2D eigenvalue weighted by Gasteiger charge is -2.27. The Balaban J connectivity index is 1.71. The topological polar surface area (TPSA) is 32.3 Å². The first-order chi connectivity index (χ1) is 7.86. The van der Waals surface area contributed by atoms with Gasteiger partial charge in [0.1, 0.15) is 0 Å². The molecule has 0 radical (unpaired) electrons. The van der Waals surface area contributed by atoms with Gasteiger partial charge in [0.15, 0.2) is 0 Å². The minimum atomic E-state index is -0.0861. The Morgan fingerprint density at radius 1 is 1.12 bits per heavy atom. The zero-order chi connectivity index (χ0) is 11.2. The number of aliphatic hydroxyl groups excluding tert-OH is 1. The molecule has 2 atom stereocenters. The van der Waals surface area contributed by atoms with E-state index in [9.17, 15) is 5.11 Å². The minimum absolute atomic E-state index is 0.0861. The molecule has 1 aromatic carbocycles. The molecule has 0 saturated heterocycles. The van der Waals surface area contributed by atoms with Crippen LogP contribution >= 0.6 is 0 Å². The second-order valence-electron chi connectivity index (χ2n) is 4.73. The maximum atomic E-state index is 9.83. The van der Waals surface area contributed by atoms with Gasteiger partial charge in [0.05, 0.1) is 6.10 Å². The van der Waals surface area contributed by atoms with Gasteiger partial charge in [0.25, 0.3) is 0 Å². The van der Waals surface area contributed by atoms with Gasteiger partial charge in [-0.25, -0.2) is 0 Å². The maximum Gasteiger partial charge on any atom is 0.0580 e. The number of aliphatic hydroxyl groups is 1. The third-order valence-electron chi connectivity index (χ3n) is 3.45. The number of benzene rings is 1. The molecule has 1 aliphatic rings. The average molecular weight is 219 g/mol. The van der Waals surface area contributed by atoms with Gasteiger partial charge in [-0.05, 0) is 24.3 Å². The zero-order valence-corrected chi connectivity index (χ0v) is 9.73. The van der Waals surface area contributed by atoms with Gasteiger partial charge in [-0.2, -0.15) is 0 Å². The number of hydrogen-bond acceptors (Lipinski definition) is 2. The monoisotopic (exact) mass is 219 g/mol. The van der Waals surface area contributed by atoms with E-state index in [-0.39, 0.29) is 6.10 Å². The zero-order valence-electron chi connectivity index (χ0n) is 9.73. The average Bonchev–Trinajstić information content (AvgIpc) is 2.33. The molecule has 0 aromatic heterocycles. The van der Waals surface area contributed by atoms with Crippen LogP contribution in [0.25, 0.3) is 0 Å². The first kappa shape index (κ1) is 11.6. The highest BCUT2D eigenvalue weighted by atomic mass is 16.3. The van der Waals surface area contributed by atoms with Crippen molar-refractivity contribution < 1.29 is 5.11 Å². The predicted octanol–water partition coefficient (Wildman–Crippen LogP) is 2.33. The Morgan fingerprint density at radius 3 is 2.62 bits per heavy atom. The molecule has 2 heteroatoms. The van der Waals surface area contributed by atoms with Crippen LogP contribution in [0.4, 0.5) is 0 Å². The summed E-state index contributed by atoms with van der Waals surface area (Å²) in [5, 5.41) is 13.3. The highest BCUT2D eigenvalue weighted by Gasteiger charge is 2.22. The fraction of sp³-hybridized carbons (Fsp3) is 0.571. The fourth-order valence-electron chi connectivity index (χ4n) is 2.42. The summed E-state index contributed by atoms with van der Waals surface area (Å²) in [7, 11) is 0. The van der Waals surface area contributed by atoms with Crippen molar-refractivity contribution in [2.75, 3.05) is 6.54 Å². The normalized spacial score (nSPS) is 25.6. The van der Waals surface area contributed by atoms with Crippen molar-refractivity contribution in [3.8, 4) is 0 Å². The lowest BCUT2D eigenvalue weighted by molar-refractivity contribution is 0.0695.